The lowest BCUT2D eigenvalue weighted by molar-refractivity contribution is 0.714. The number of imidazole rings is 1. The average molecular weight is 292 g/mol. The van der Waals surface area contributed by atoms with E-state index in [2.05, 4.69) is 55.1 Å². The zero-order valence-electron chi connectivity index (χ0n) is 9.44. The standard InChI is InChI=1S/C13H14BrN3/c14-11-1-3-12(4-2-11)17-9-16-8-13(17)10-5-6-15-7-10/h1-4,8-10,15H,5-7H2. The van der Waals surface area contributed by atoms with E-state index in [-0.39, 0.29) is 0 Å². The molecule has 1 unspecified atom stereocenters. The first-order valence-electron chi connectivity index (χ1n) is 5.83. The minimum atomic E-state index is 0.584. The van der Waals surface area contributed by atoms with Crippen LogP contribution in [0.1, 0.15) is 18.0 Å². The van der Waals surface area contributed by atoms with Crippen molar-refractivity contribution in [2.24, 2.45) is 0 Å². The van der Waals surface area contributed by atoms with E-state index >= 15 is 0 Å². The van der Waals surface area contributed by atoms with Crippen molar-refractivity contribution in [3.05, 3.63) is 47.0 Å². The Hall–Kier alpha value is -1.13. The maximum Gasteiger partial charge on any atom is 0.0994 e. The molecule has 0 spiro atoms. The van der Waals surface area contributed by atoms with E-state index in [1.807, 2.05) is 12.5 Å². The predicted octanol–water partition coefficient (Wildman–Crippen LogP) is 2.71. The van der Waals surface area contributed by atoms with Crippen LogP contribution in [0.15, 0.2) is 41.3 Å². The van der Waals surface area contributed by atoms with Crippen LogP contribution in [0.5, 0.6) is 0 Å². The van der Waals surface area contributed by atoms with Crippen LogP contribution in [0.3, 0.4) is 0 Å². The van der Waals surface area contributed by atoms with Crippen LogP contribution >= 0.6 is 15.9 Å². The van der Waals surface area contributed by atoms with Gasteiger partial charge in [0.05, 0.1) is 6.33 Å². The van der Waals surface area contributed by atoms with Crippen LogP contribution in [-0.4, -0.2) is 22.6 Å². The Bertz CT molecular complexity index is 498. The fourth-order valence-corrected chi connectivity index (χ4v) is 2.60. The predicted molar refractivity (Wildman–Crippen MR) is 71.5 cm³/mol. The third-order valence-electron chi connectivity index (χ3n) is 3.25. The van der Waals surface area contributed by atoms with Gasteiger partial charge in [-0.3, -0.25) is 0 Å². The summed E-state index contributed by atoms with van der Waals surface area (Å²) in [5.74, 6) is 0.584. The third kappa shape index (κ3) is 2.15. The lowest BCUT2D eigenvalue weighted by atomic mass is 10.1. The molecule has 4 heteroatoms. The summed E-state index contributed by atoms with van der Waals surface area (Å²) in [5.41, 5.74) is 2.48. The molecule has 1 atom stereocenters. The normalized spacial score (nSPS) is 19.7. The monoisotopic (exact) mass is 291 g/mol. The van der Waals surface area contributed by atoms with E-state index in [0.717, 1.165) is 17.6 Å². The van der Waals surface area contributed by atoms with Gasteiger partial charge in [0.25, 0.3) is 0 Å². The molecule has 3 nitrogen and oxygen atoms in total. The molecule has 0 amide bonds. The molecule has 0 bridgehead atoms. The summed E-state index contributed by atoms with van der Waals surface area (Å²) in [6, 6.07) is 8.34. The molecule has 3 rings (SSSR count). The van der Waals surface area contributed by atoms with Crippen LogP contribution in [0, 0.1) is 0 Å². The number of rotatable bonds is 2. The van der Waals surface area contributed by atoms with Crippen LogP contribution in [0.4, 0.5) is 0 Å². The molecular weight excluding hydrogens is 278 g/mol. The van der Waals surface area contributed by atoms with Crippen LogP contribution in [0.25, 0.3) is 5.69 Å². The lowest BCUT2D eigenvalue weighted by Gasteiger charge is -2.12. The van der Waals surface area contributed by atoms with Gasteiger partial charge in [-0.25, -0.2) is 4.98 Å². The average Bonchev–Trinajstić information content (AvgIpc) is 3.00. The van der Waals surface area contributed by atoms with Gasteiger partial charge in [-0.05, 0) is 37.2 Å². The fraction of sp³-hybridized carbons (Fsp3) is 0.308. The number of aromatic nitrogens is 2. The van der Waals surface area contributed by atoms with Gasteiger partial charge in [-0.15, -0.1) is 0 Å². The molecular formula is C13H14BrN3. The molecule has 2 heterocycles. The molecule has 1 saturated heterocycles. The summed E-state index contributed by atoms with van der Waals surface area (Å²) in [7, 11) is 0. The van der Waals surface area contributed by atoms with Crippen molar-refractivity contribution in [3.8, 4) is 5.69 Å². The molecule has 1 aliphatic heterocycles. The van der Waals surface area contributed by atoms with E-state index in [1.165, 1.54) is 17.8 Å². The molecule has 1 aromatic carbocycles. The first kappa shape index (κ1) is 11.0. The quantitative estimate of drug-likeness (QED) is 0.922. The van der Waals surface area contributed by atoms with Gasteiger partial charge in [0, 0.05) is 34.5 Å². The largest absolute Gasteiger partial charge is 0.316 e. The number of halogens is 1. The van der Waals surface area contributed by atoms with Crippen LogP contribution < -0.4 is 5.32 Å². The van der Waals surface area contributed by atoms with Crippen molar-refractivity contribution in [2.45, 2.75) is 12.3 Å². The van der Waals surface area contributed by atoms with Crippen LogP contribution in [-0.2, 0) is 0 Å². The van der Waals surface area contributed by atoms with Gasteiger partial charge in [-0.2, -0.15) is 0 Å². The first-order valence-corrected chi connectivity index (χ1v) is 6.63. The van der Waals surface area contributed by atoms with Crippen molar-refractivity contribution in [3.63, 3.8) is 0 Å². The second-order valence-corrected chi connectivity index (χ2v) is 5.27. The Labute approximate surface area is 109 Å². The maximum absolute atomic E-state index is 4.29. The van der Waals surface area contributed by atoms with Gasteiger partial charge in [0.1, 0.15) is 0 Å². The minimum absolute atomic E-state index is 0.584. The van der Waals surface area contributed by atoms with Gasteiger partial charge in [0.15, 0.2) is 0 Å². The Morgan fingerprint density at radius 3 is 2.82 bits per heavy atom. The number of hydrogen-bond donors (Lipinski definition) is 1. The number of nitrogens with one attached hydrogen (secondary N) is 1. The number of nitrogens with zero attached hydrogens (tertiary/aromatic N) is 2. The van der Waals surface area contributed by atoms with Crippen molar-refractivity contribution >= 4 is 15.9 Å². The van der Waals surface area contributed by atoms with E-state index in [0.29, 0.717) is 5.92 Å². The van der Waals surface area contributed by atoms with Crippen molar-refractivity contribution in [2.75, 3.05) is 13.1 Å². The summed E-state index contributed by atoms with van der Waals surface area (Å²) < 4.78 is 3.29. The molecule has 0 saturated carbocycles. The second kappa shape index (κ2) is 4.63. The molecule has 1 aromatic heterocycles. The van der Waals surface area contributed by atoms with E-state index in [4.69, 9.17) is 0 Å². The van der Waals surface area contributed by atoms with Gasteiger partial charge in [-0.1, -0.05) is 15.9 Å². The van der Waals surface area contributed by atoms with Crippen molar-refractivity contribution in [1.82, 2.24) is 14.9 Å². The Morgan fingerprint density at radius 2 is 2.12 bits per heavy atom. The summed E-state index contributed by atoms with van der Waals surface area (Å²) in [6.45, 7) is 2.17. The first-order chi connectivity index (χ1) is 8.34. The lowest BCUT2D eigenvalue weighted by Crippen LogP contribution is -2.10. The summed E-state index contributed by atoms with van der Waals surface area (Å²) in [5, 5.41) is 3.40. The summed E-state index contributed by atoms with van der Waals surface area (Å²) in [6.07, 6.45) is 5.08. The highest BCUT2D eigenvalue weighted by Crippen LogP contribution is 2.25. The molecule has 0 radical (unpaired) electrons. The van der Waals surface area contributed by atoms with Crippen molar-refractivity contribution in [1.29, 1.82) is 0 Å². The van der Waals surface area contributed by atoms with Gasteiger partial charge < -0.3 is 9.88 Å². The highest BCUT2D eigenvalue weighted by atomic mass is 79.9. The van der Waals surface area contributed by atoms with Crippen LogP contribution in [0.2, 0.25) is 0 Å². The highest BCUT2D eigenvalue weighted by Gasteiger charge is 2.20. The Kier molecular flexibility index (Phi) is 2.99. The highest BCUT2D eigenvalue weighted by molar-refractivity contribution is 9.10. The molecule has 0 aliphatic carbocycles. The Morgan fingerprint density at radius 1 is 1.29 bits per heavy atom. The van der Waals surface area contributed by atoms with E-state index in [1.54, 1.807) is 0 Å². The van der Waals surface area contributed by atoms with E-state index < -0.39 is 0 Å². The smallest absolute Gasteiger partial charge is 0.0994 e. The number of benzene rings is 1. The molecule has 2 aromatic rings. The molecule has 1 aliphatic rings. The molecule has 17 heavy (non-hydrogen) atoms. The SMILES string of the molecule is Brc1ccc(-n2cncc2C2CCNC2)cc1. The second-order valence-electron chi connectivity index (χ2n) is 4.35. The maximum atomic E-state index is 4.29. The third-order valence-corrected chi connectivity index (χ3v) is 3.78. The van der Waals surface area contributed by atoms with Crippen molar-refractivity contribution < 1.29 is 0 Å². The molecule has 1 N–H and O–H groups in total. The van der Waals surface area contributed by atoms with E-state index in [9.17, 15) is 0 Å². The summed E-state index contributed by atoms with van der Waals surface area (Å²) >= 11 is 3.46. The summed E-state index contributed by atoms with van der Waals surface area (Å²) in [4.78, 5) is 4.29. The van der Waals surface area contributed by atoms with Gasteiger partial charge >= 0.3 is 0 Å². The zero-order valence-corrected chi connectivity index (χ0v) is 11.0. The minimum Gasteiger partial charge on any atom is -0.316 e. The van der Waals surface area contributed by atoms with Gasteiger partial charge in [0.2, 0.25) is 0 Å². The fourth-order valence-electron chi connectivity index (χ4n) is 2.33. The topological polar surface area (TPSA) is 29.9 Å². The Balaban J connectivity index is 1.97. The molecule has 1 fully saturated rings. The molecule has 88 valence electrons. The number of hydrogen-bond acceptors (Lipinski definition) is 2. The zero-order chi connectivity index (χ0) is 11.7.